The minimum atomic E-state index is 0.341. The molecule has 0 bridgehead atoms. The number of nitrogens with one attached hydrogen (secondary N) is 1. The van der Waals surface area contributed by atoms with E-state index in [0.29, 0.717) is 30.4 Å². The molecule has 126 valence electrons. The fraction of sp³-hybridized carbons (Fsp3) is 0.632. The SMILES string of the molecule is CCOc1cccc(CN[C@H]2CCN(C(=O)C3CC3)C[C@H]2C)c1. The van der Waals surface area contributed by atoms with Gasteiger partial charge >= 0.3 is 0 Å². The second-order valence-corrected chi connectivity index (χ2v) is 6.89. The van der Waals surface area contributed by atoms with Gasteiger partial charge in [-0.15, -0.1) is 0 Å². The van der Waals surface area contributed by atoms with Gasteiger partial charge in [-0.1, -0.05) is 19.1 Å². The van der Waals surface area contributed by atoms with Gasteiger partial charge in [0.1, 0.15) is 5.75 Å². The van der Waals surface area contributed by atoms with E-state index in [1.54, 1.807) is 0 Å². The van der Waals surface area contributed by atoms with Gasteiger partial charge in [-0.2, -0.15) is 0 Å². The highest BCUT2D eigenvalue weighted by Gasteiger charge is 2.36. The van der Waals surface area contributed by atoms with E-state index in [2.05, 4.69) is 29.3 Å². The average Bonchev–Trinajstić information content (AvgIpc) is 3.38. The van der Waals surface area contributed by atoms with Crippen LogP contribution in [0.4, 0.5) is 0 Å². The fourth-order valence-corrected chi connectivity index (χ4v) is 3.40. The molecule has 3 rings (SSSR count). The number of carbonyl (C=O) groups is 1. The van der Waals surface area contributed by atoms with E-state index in [1.807, 2.05) is 19.1 Å². The molecule has 0 aromatic heterocycles. The second-order valence-electron chi connectivity index (χ2n) is 6.89. The summed E-state index contributed by atoms with van der Waals surface area (Å²) in [4.78, 5) is 14.3. The Morgan fingerprint density at radius 1 is 1.35 bits per heavy atom. The maximum Gasteiger partial charge on any atom is 0.225 e. The van der Waals surface area contributed by atoms with Gasteiger partial charge in [0.2, 0.25) is 5.91 Å². The van der Waals surface area contributed by atoms with Crippen molar-refractivity contribution in [3.8, 4) is 5.75 Å². The van der Waals surface area contributed by atoms with Crippen molar-refractivity contribution in [3.05, 3.63) is 29.8 Å². The Bertz CT molecular complexity index is 542. The van der Waals surface area contributed by atoms with E-state index in [-0.39, 0.29) is 0 Å². The van der Waals surface area contributed by atoms with Gasteiger partial charge in [0.05, 0.1) is 6.61 Å². The first-order valence-electron chi connectivity index (χ1n) is 8.91. The summed E-state index contributed by atoms with van der Waals surface area (Å²) in [6.45, 7) is 7.60. The molecular weight excluding hydrogens is 288 g/mol. The monoisotopic (exact) mass is 316 g/mol. The molecule has 1 aliphatic carbocycles. The van der Waals surface area contributed by atoms with Gasteiger partial charge in [-0.25, -0.2) is 0 Å². The Hall–Kier alpha value is -1.55. The van der Waals surface area contributed by atoms with Crippen LogP contribution >= 0.6 is 0 Å². The molecule has 4 heteroatoms. The molecule has 1 amide bonds. The summed E-state index contributed by atoms with van der Waals surface area (Å²) in [5, 5.41) is 3.67. The van der Waals surface area contributed by atoms with Crippen molar-refractivity contribution in [2.24, 2.45) is 11.8 Å². The minimum absolute atomic E-state index is 0.341. The number of rotatable bonds is 6. The molecule has 1 aromatic rings. The third-order valence-corrected chi connectivity index (χ3v) is 4.92. The van der Waals surface area contributed by atoms with Crippen LogP contribution in [0, 0.1) is 11.8 Å². The Morgan fingerprint density at radius 3 is 2.87 bits per heavy atom. The summed E-state index contributed by atoms with van der Waals surface area (Å²) in [7, 11) is 0. The molecule has 23 heavy (non-hydrogen) atoms. The molecule has 1 aliphatic heterocycles. The lowest BCUT2D eigenvalue weighted by atomic mass is 9.93. The number of hydrogen-bond donors (Lipinski definition) is 1. The first-order chi connectivity index (χ1) is 11.2. The molecule has 2 atom stereocenters. The number of carbonyl (C=O) groups excluding carboxylic acids is 1. The predicted molar refractivity (Wildman–Crippen MR) is 91.3 cm³/mol. The van der Waals surface area contributed by atoms with Gasteiger partial charge < -0.3 is 15.0 Å². The normalized spacial score (nSPS) is 24.5. The summed E-state index contributed by atoms with van der Waals surface area (Å²) in [5.41, 5.74) is 1.25. The maximum absolute atomic E-state index is 12.2. The maximum atomic E-state index is 12.2. The van der Waals surface area contributed by atoms with E-state index >= 15 is 0 Å². The highest BCUT2D eigenvalue weighted by Crippen LogP contribution is 2.32. The fourth-order valence-electron chi connectivity index (χ4n) is 3.40. The largest absolute Gasteiger partial charge is 0.494 e. The van der Waals surface area contributed by atoms with Crippen molar-refractivity contribution in [2.45, 2.75) is 45.7 Å². The van der Waals surface area contributed by atoms with Gasteiger partial charge in [0.15, 0.2) is 0 Å². The molecule has 1 N–H and O–H groups in total. The molecule has 4 nitrogen and oxygen atoms in total. The average molecular weight is 316 g/mol. The first kappa shape index (κ1) is 16.3. The lowest BCUT2D eigenvalue weighted by Crippen LogP contribution is -2.50. The quantitative estimate of drug-likeness (QED) is 0.877. The Labute approximate surface area is 139 Å². The number of likely N-dealkylation sites (tertiary alicyclic amines) is 1. The van der Waals surface area contributed by atoms with Crippen LogP contribution in [0.25, 0.3) is 0 Å². The topological polar surface area (TPSA) is 41.6 Å². The van der Waals surface area contributed by atoms with Crippen molar-refractivity contribution in [2.75, 3.05) is 19.7 Å². The van der Waals surface area contributed by atoms with Crippen LogP contribution < -0.4 is 10.1 Å². The van der Waals surface area contributed by atoms with E-state index in [4.69, 9.17) is 4.74 Å². The van der Waals surface area contributed by atoms with Crippen molar-refractivity contribution in [1.29, 1.82) is 0 Å². The summed E-state index contributed by atoms with van der Waals surface area (Å²) in [6.07, 6.45) is 3.24. The summed E-state index contributed by atoms with van der Waals surface area (Å²) in [6, 6.07) is 8.76. The van der Waals surface area contributed by atoms with E-state index in [0.717, 1.165) is 44.6 Å². The summed E-state index contributed by atoms with van der Waals surface area (Å²) < 4.78 is 5.56. The minimum Gasteiger partial charge on any atom is -0.494 e. The first-order valence-corrected chi connectivity index (χ1v) is 8.91. The van der Waals surface area contributed by atoms with E-state index in [1.165, 1.54) is 5.56 Å². The van der Waals surface area contributed by atoms with Crippen molar-refractivity contribution in [3.63, 3.8) is 0 Å². The van der Waals surface area contributed by atoms with Crippen LogP contribution in [0.15, 0.2) is 24.3 Å². The van der Waals surface area contributed by atoms with Crippen LogP contribution in [-0.4, -0.2) is 36.5 Å². The number of nitrogens with zero attached hydrogens (tertiary/aromatic N) is 1. The molecule has 1 saturated heterocycles. The van der Waals surface area contributed by atoms with E-state index < -0.39 is 0 Å². The third kappa shape index (κ3) is 4.25. The standard InChI is InChI=1S/C19H28N2O2/c1-3-23-17-6-4-5-15(11-17)12-20-18-9-10-21(13-14(18)2)19(22)16-7-8-16/h4-6,11,14,16,18,20H,3,7-10,12-13H2,1-2H3/t14-,18+/m1/s1. The summed E-state index contributed by atoms with van der Waals surface area (Å²) >= 11 is 0. The van der Waals surface area contributed by atoms with Crippen molar-refractivity contribution < 1.29 is 9.53 Å². The van der Waals surface area contributed by atoms with Crippen LogP contribution in [0.5, 0.6) is 5.75 Å². The van der Waals surface area contributed by atoms with Gasteiger partial charge in [-0.3, -0.25) is 4.79 Å². The number of piperidine rings is 1. The molecule has 0 radical (unpaired) electrons. The molecule has 1 aromatic carbocycles. The number of amides is 1. The van der Waals surface area contributed by atoms with Crippen LogP contribution in [-0.2, 0) is 11.3 Å². The lowest BCUT2D eigenvalue weighted by Gasteiger charge is -2.37. The number of ether oxygens (including phenoxy) is 1. The number of hydrogen-bond acceptors (Lipinski definition) is 3. The lowest BCUT2D eigenvalue weighted by molar-refractivity contribution is -0.134. The van der Waals surface area contributed by atoms with E-state index in [9.17, 15) is 4.79 Å². The molecule has 0 spiro atoms. The zero-order valence-electron chi connectivity index (χ0n) is 14.3. The molecule has 1 heterocycles. The predicted octanol–water partition coefficient (Wildman–Crippen LogP) is 2.82. The Kier molecular flexibility index (Phi) is 5.21. The van der Waals surface area contributed by atoms with Gasteiger partial charge in [0, 0.05) is 31.6 Å². The zero-order valence-corrected chi connectivity index (χ0v) is 14.3. The van der Waals surface area contributed by atoms with Gasteiger partial charge in [0.25, 0.3) is 0 Å². The van der Waals surface area contributed by atoms with Crippen LogP contribution in [0.2, 0.25) is 0 Å². The molecule has 2 aliphatic rings. The smallest absolute Gasteiger partial charge is 0.225 e. The zero-order chi connectivity index (χ0) is 16.2. The Balaban J connectivity index is 1.49. The highest BCUT2D eigenvalue weighted by molar-refractivity contribution is 5.81. The molecule has 1 saturated carbocycles. The van der Waals surface area contributed by atoms with Crippen molar-refractivity contribution in [1.82, 2.24) is 10.2 Å². The summed E-state index contributed by atoms with van der Waals surface area (Å²) in [5.74, 6) is 2.17. The van der Waals surface area contributed by atoms with Gasteiger partial charge in [-0.05, 0) is 49.8 Å². The highest BCUT2D eigenvalue weighted by atomic mass is 16.5. The molecular formula is C19H28N2O2. The number of benzene rings is 1. The molecule has 2 fully saturated rings. The van der Waals surface area contributed by atoms with Crippen LogP contribution in [0.3, 0.4) is 0 Å². The second kappa shape index (κ2) is 7.35. The van der Waals surface area contributed by atoms with Crippen molar-refractivity contribution >= 4 is 5.91 Å². The molecule has 0 unspecified atom stereocenters. The third-order valence-electron chi connectivity index (χ3n) is 4.92. The Morgan fingerprint density at radius 2 is 2.17 bits per heavy atom. The van der Waals surface area contributed by atoms with Crippen LogP contribution in [0.1, 0.15) is 38.7 Å².